The van der Waals surface area contributed by atoms with Crippen LogP contribution in [0.4, 0.5) is 11.4 Å². The summed E-state index contributed by atoms with van der Waals surface area (Å²) >= 11 is 9.26. The van der Waals surface area contributed by atoms with Gasteiger partial charge in [0.25, 0.3) is 5.91 Å². The SMILES string of the molecule is CC(=O)Nc1ccc(NC(=O)c2cccnc2Br)cc1Cl. The summed E-state index contributed by atoms with van der Waals surface area (Å²) in [6, 6.07) is 8.16. The van der Waals surface area contributed by atoms with Gasteiger partial charge in [0.1, 0.15) is 4.60 Å². The second-order valence-electron chi connectivity index (χ2n) is 4.17. The molecule has 1 aromatic carbocycles. The van der Waals surface area contributed by atoms with Gasteiger partial charge in [0.2, 0.25) is 5.91 Å². The highest BCUT2D eigenvalue weighted by Gasteiger charge is 2.11. The fourth-order valence-electron chi connectivity index (χ4n) is 1.64. The Labute approximate surface area is 134 Å². The Hall–Kier alpha value is -1.92. The summed E-state index contributed by atoms with van der Waals surface area (Å²) in [5.74, 6) is -0.522. The summed E-state index contributed by atoms with van der Waals surface area (Å²) in [5.41, 5.74) is 1.43. The van der Waals surface area contributed by atoms with E-state index in [4.69, 9.17) is 11.6 Å². The van der Waals surface area contributed by atoms with E-state index in [9.17, 15) is 9.59 Å². The summed E-state index contributed by atoms with van der Waals surface area (Å²) < 4.78 is 0.462. The van der Waals surface area contributed by atoms with E-state index in [2.05, 4.69) is 31.5 Å². The molecule has 0 saturated heterocycles. The van der Waals surface area contributed by atoms with Gasteiger partial charge in [-0.25, -0.2) is 4.98 Å². The highest BCUT2D eigenvalue weighted by molar-refractivity contribution is 9.10. The molecule has 0 unspecified atom stereocenters. The van der Waals surface area contributed by atoms with E-state index in [0.717, 1.165) is 0 Å². The van der Waals surface area contributed by atoms with E-state index in [1.807, 2.05) is 0 Å². The molecule has 2 rings (SSSR count). The van der Waals surface area contributed by atoms with Crippen LogP contribution in [0, 0.1) is 0 Å². The van der Waals surface area contributed by atoms with Crippen LogP contribution < -0.4 is 10.6 Å². The largest absolute Gasteiger partial charge is 0.325 e. The van der Waals surface area contributed by atoms with Crippen LogP contribution in [-0.4, -0.2) is 16.8 Å². The van der Waals surface area contributed by atoms with Gasteiger partial charge in [0, 0.05) is 18.8 Å². The molecule has 0 atom stereocenters. The number of nitrogens with one attached hydrogen (secondary N) is 2. The van der Waals surface area contributed by atoms with Gasteiger partial charge in [-0.05, 0) is 46.3 Å². The molecule has 2 N–H and O–H groups in total. The van der Waals surface area contributed by atoms with Crippen molar-refractivity contribution < 1.29 is 9.59 Å². The van der Waals surface area contributed by atoms with Crippen LogP contribution in [0.1, 0.15) is 17.3 Å². The zero-order valence-electron chi connectivity index (χ0n) is 11.0. The smallest absolute Gasteiger partial charge is 0.258 e. The Balaban J connectivity index is 2.17. The molecule has 0 aliphatic heterocycles. The van der Waals surface area contributed by atoms with Crippen molar-refractivity contribution in [3.63, 3.8) is 0 Å². The summed E-state index contributed by atoms with van der Waals surface area (Å²) in [7, 11) is 0. The molecule has 7 heteroatoms. The van der Waals surface area contributed by atoms with Crippen molar-refractivity contribution in [2.75, 3.05) is 10.6 Å². The quantitative estimate of drug-likeness (QED) is 0.811. The van der Waals surface area contributed by atoms with Crippen molar-refractivity contribution in [3.05, 3.63) is 51.7 Å². The monoisotopic (exact) mass is 367 g/mol. The van der Waals surface area contributed by atoms with Gasteiger partial charge in [-0.15, -0.1) is 0 Å². The van der Waals surface area contributed by atoms with Gasteiger partial charge < -0.3 is 10.6 Å². The minimum absolute atomic E-state index is 0.215. The Bertz CT molecular complexity index is 706. The van der Waals surface area contributed by atoms with Crippen LogP contribution in [0.3, 0.4) is 0 Å². The standard InChI is InChI=1S/C14H11BrClN3O2/c1-8(20)18-12-5-4-9(7-11(12)16)19-14(21)10-3-2-6-17-13(10)15/h2-7H,1H3,(H,18,20)(H,19,21). The molecule has 1 heterocycles. The van der Waals surface area contributed by atoms with Crippen molar-refractivity contribution >= 4 is 50.7 Å². The summed E-state index contributed by atoms with van der Waals surface area (Å²) in [4.78, 5) is 27.1. The van der Waals surface area contributed by atoms with Crippen molar-refractivity contribution in [1.82, 2.24) is 4.98 Å². The second-order valence-corrected chi connectivity index (χ2v) is 5.33. The highest BCUT2D eigenvalue weighted by atomic mass is 79.9. The third-order valence-electron chi connectivity index (χ3n) is 2.54. The first-order valence-electron chi connectivity index (χ1n) is 5.96. The fraction of sp³-hybridized carbons (Fsp3) is 0.0714. The molecule has 0 fully saturated rings. The third kappa shape index (κ3) is 4.03. The lowest BCUT2D eigenvalue weighted by molar-refractivity contribution is -0.114. The van der Waals surface area contributed by atoms with Crippen LogP contribution in [0.25, 0.3) is 0 Å². The topological polar surface area (TPSA) is 71.1 Å². The highest BCUT2D eigenvalue weighted by Crippen LogP contribution is 2.26. The molecule has 2 amide bonds. The predicted octanol–water partition coefficient (Wildman–Crippen LogP) is 3.71. The first-order valence-corrected chi connectivity index (χ1v) is 7.13. The average Bonchev–Trinajstić information content (AvgIpc) is 2.42. The van der Waals surface area contributed by atoms with E-state index in [1.165, 1.54) is 6.92 Å². The number of carbonyl (C=O) groups is 2. The molecule has 1 aromatic heterocycles. The Kier molecular flexibility index (Phi) is 4.93. The maximum atomic E-state index is 12.1. The number of hydrogen-bond donors (Lipinski definition) is 2. The van der Waals surface area contributed by atoms with Crippen LogP contribution in [-0.2, 0) is 4.79 Å². The number of hydrogen-bond acceptors (Lipinski definition) is 3. The minimum atomic E-state index is -0.307. The van der Waals surface area contributed by atoms with Crippen molar-refractivity contribution in [1.29, 1.82) is 0 Å². The van der Waals surface area contributed by atoms with Gasteiger partial charge in [0.15, 0.2) is 0 Å². The van der Waals surface area contributed by atoms with Gasteiger partial charge in [-0.1, -0.05) is 11.6 Å². The van der Waals surface area contributed by atoms with Crippen molar-refractivity contribution in [2.24, 2.45) is 0 Å². The minimum Gasteiger partial charge on any atom is -0.325 e. The number of benzene rings is 1. The number of pyridine rings is 1. The first-order chi connectivity index (χ1) is 9.97. The lowest BCUT2D eigenvalue weighted by Gasteiger charge is -2.09. The average molecular weight is 369 g/mol. The molecule has 0 saturated carbocycles. The van der Waals surface area contributed by atoms with Gasteiger partial charge in [0.05, 0.1) is 16.3 Å². The van der Waals surface area contributed by atoms with Gasteiger partial charge in [-0.3, -0.25) is 9.59 Å². The van der Waals surface area contributed by atoms with E-state index < -0.39 is 0 Å². The van der Waals surface area contributed by atoms with Crippen molar-refractivity contribution in [2.45, 2.75) is 6.92 Å². The third-order valence-corrected chi connectivity index (χ3v) is 3.49. The lowest BCUT2D eigenvalue weighted by Crippen LogP contribution is -2.13. The zero-order valence-corrected chi connectivity index (χ0v) is 13.3. The number of amides is 2. The maximum absolute atomic E-state index is 12.1. The number of nitrogens with zero attached hydrogens (tertiary/aromatic N) is 1. The fourth-order valence-corrected chi connectivity index (χ4v) is 2.30. The molecule has 0 aliphatic rings. The molecule has 5 nitrogen and oxygen atoms in total. The molecule has 108 valence electrons. The molecular weight excluding hydrogens is 358 g/mol. The molecule has 0 spiro atoms. The first kappa shape index (κ1) is 15.5. The molecule has 0 bridgehead atoms. The Morgan fingerprint density at radius 1 is 1.24 bits per heavy atom. The molecule has 0 radical (unpaired) electrons. The van der Waals surface area contributed by atoms with E-state index in [1.54, 1.807) is 36.5 Å². The molecule has 2 aromatic rings. The maximum Gasteiger partial charge on any atom is 0.258 e. The van der Waals surface area contributed by atoms with Gasteiger partial charge >= 0.3 is 0 Å². The van der Waals surface area contributed by atoms with E-state index in [-0.39, 0.29) is 11.8 Å². The number of halogens is 2. The van der Waals surface area contributed by atoms with E-state index >= 15 is 0 Å². The molecular formula is C14H11BrClN3O2. The lowest BCUT2D eigenvalue weighted by atomic mass is 10.2. The number of aromatic nitrogens is 1. The molecule has 0 aliphatic carbocycles. The van der Waals surface area contributed by atoms with Crippen molar-refractivity contribution in [3.8, 4) is 0 Å². The normalized spacial score (nSPS) is 10.0. The second kappa shape index (κ2) is 6.69. The summed E-state index contributed by atoms with van der Waals surface area (Å²) in [6.07, 6.45) is 1.58. The molecule has 21 heavy (non-hydrogen) atoms. The number of rotatable bonds is 3. The zero-order chi connectivity index (χ0) is 15.4. The summed E-state index contributed by atoms with van der Waals surface area (Å²) in [6.45, 7) is 1.39. The number of anilines is 2. The Morgan fingerprint density at radius 3 is 2.62 bits per heavy atom. The number of carbonyl (C=O) groups excluding carboxylic acids is 2. The Morgan fingerprint density at radius 2 is 2.00 bits per heavy atom. The van der Waals surface area contributed by atoms with Crippen LogP contribution in [0.15, 0.2) is 41.1 Å². The van der Waals surface area contributed by atoms with Gasteiger partial charge in [-0.2, -0.15) is 0 Å². The van der Waals surface area contributed by atoms with Crippen LogP contribution in [0.5, 0.6) is 0 Å². The summed E-state index contributed by atoms with van der Waals surface area (Å²) in [5, 5.41) is 5.65. The van der Waals surface area contributed by atoms with Crippen LogP contribution in [0.2, 0.25) is 5.02 Å². The predicted molar refractivity (Wildman–Crippen MR) is 85.6 cm³/mol. The van der Waals surface area contributed by atoms with Crippen LogP contribution >= 0.6 is 27.5 Å². The van der Waals surface area contributed by atoms with E-state index in [0.29, 0.717) is 26.6 Å².